The summed E-state index contributed by atoms with van der Waals surface area (Å²) < 4.78 is 1.73. The quantitative estimate of drug-likeness (QED) is 0.368. The van der Waals surface area contributed by atoms with Gasteiger partial charge < -0.3 is 0 Å². The Labute approximate surface area is 178 Å². The van der Waals surface area contributed by atoms with Crippen LogP contribution in [0.15, 0.2) is 63.6 Å². The smallest absolute Gasteiger partial charge is 0.267 e. The Bertz CT molecular complexity index is 1200. The third-order valence-electron chi connectivity index (χ3n) is 4.95. The molecule has 29 heavy (non-hydrogen) atoms. The van der Waals surface area contributed by atoms with Crippen molar-refractivity contribution >= 4 is 33.3 Å². The van der Waals surface area contributed by atoms with Crippen molar-refractivity contribution in [2.45, 2.75) is 50.2 Å². The Morgan fingerprint density at radius 1 is 1.10 bits per heavy atom. The van der Waals surface area contributed by atoms with E-state index in [9.17, 15) is 4.79 Å². The maximum Gasteiger partial charge on any atom is 0.267 e. The number of nitrogens with zero attached hydrogens (tertiary/aromatic N) is 3. The van der Waals surface area contributed by atoms with Gasteiger partial charge in [0.25, 0.3) is 5.56 Å². The predicted molar refractivity (Wildman–Crippen MR) is 122 cm³/mol. The van der Waals surface area contributed by atoms with Crippen LogP contribution in [0.1, 0.15) is 36.3 Å². The molecule has 0 N–H and O–H groups in total. The van der Waals surface area contributed by atoms with Crippen LogP contribution in [-0.2, 0) is 12.8 Å². The van der Waals surface area contributed by atoms with Gasteiger partial charge in [0.2, 0.25) is 0 Å². The molecule has 6 heteroatoms. The number of aromatic nitrogens is 3. The van der Waals surface area contributed by atoms with Gasteiger partial charge in [0.1, 0.15) is 9.86 Å². The molecule has 0 aliphatic heterocycles. The first-order valence-electron chi connectivity index (χ1n) is 9.85. The molecule has 0 saturated heterocycles. The molecule has 0 aliphatic rings. The Morgan fingerprint density at radius 3 is 2.55 bits per heavy atom. The molecule has 4 rings (SSSR count). The number of hydrogen-bond donors (Lipinski definition) is 0. The standard InChI is InChI=1S/C23H23N3OS2/c1-4-8-18-15(3)20-21(28-18)25-23(29-19-9-6-7-14-24-19)26(22(20)27)17-12-10-16(5-2)11-13-17/h6-7,9-14H,4-5,8H2,1-3H3. The fourth-order valence-electron chi connectivity index (χ4n) is 3.35. The first-order chi connectivity index (χ1) is 14.1. The van der Waals surface area contributed by atoms with Crippen LogP contribution in [0.3, 0.4) is 0 Å². The zero-order chi connectivity index (χ0) is 20.4. The monoisotopic (exact) mass is 421 g/mol. The second kappa shape index (κ2) is 8.51. The number of fused-ring (bicyclic) bond motifs is 1. The highest BCUT2D eigenvalue weighted by molar-refractivity contribution is 7.99. The van der Waals surface area contributed by atoms with Crippen LogP contribution in [0, 0.1) is 6.92 Å². The van der Waals surface area contributed by atoms with E-state index in [1.165, 1.54) is 22.2 Å². The average Bonchev–Trinajstić information content (AvgIpc) is 3.05. The molecular formula is C23H23N3OS2. The summed E-state index contributed by atoms with van der Waals surface area (Å²) in [6, 6.07) is 13.9. The van der Waals surface area contributed by atoms with Crippen molar-refractivity contribution in [1.82, 2.24) is 14.5 Å². The molecule has 0 radical (unpaired) electrons. The summed E-state index contributed by atoms with van der Waals surface area (Å²) in [6.45, 7) is 6.33. The molecule has 0 atom stereocenters. The van der Waals surface area contributed by atoms with Crippen molar-refractivity contribution in [3.63, 3.8) is 0 Å². The SMILES string of the molecule is CCCc1sc2nc(Sc3ccccn3)n(-c3ccc(CC)cc3)c(=O)c2c1C. The highest BCUT2D eigenvalue weighted by Gasteiger charge is 2.19. The summed E-state index contributed by atoms with van der Waals surface area (Å²) in [5.74, 6) is 0. The van der Waals surface area contributed by atoms with Gasteiger partial charge >= 0.3 is 0 Å². The molecule has 1 aromatic carbocycles. The number of thiophene rings is 1. The Morgan fingerprint density at radius 2 is 1.90 bits per heavy atom. The van der Waals surface area contributed by atoms with E-state index < -0.39 is 0 Å². The molecule has 0 saturated carbocycles. The Kier molecular flexibility index (Phi) is 5.83. The molecule has 4 nitrogen and oxygen atoms in total. The van der Waals surface area contributed by atoms with E-state index in [0.717, 1.165) is 45.8 Å². The van der Waals surface area contributed by atoms with Gasteiger partial charge in [0.05, 0.1) is 11.1 Å². The molecule has 4 aromatic rings. The predicted octanol–water partition coefficient (Wildman–Crippen LogP) is 5.82. The molecule has 0 aliphatic carbocycles. The molecule has 0 bridgehead atoms. The summed E-state index contributed by atoms with van der Waals surface area (Å²) in [7, 11) is 0. The first-order valence-corrected chi connectivity index (χ1v) is 11.5. The van der Waals surface area contributed by atoms with E-state index in [1.54, 1.807) is 22.1 Å². The summed E-state index contributed by atoms with van der Waals surface area (Å²) in [5.41, 5.74) is 3.14. The average molecular weight is 422 g/mol. The fraction of sp³-hybridized carbons (Fsp3) is 0.261. The molecule has 0 spiro atoms. The number of rotatable bonds is 6. The van der Waals surface area contributed by atoms with Crippen LogP contribution in [0.25, 0.3) is 15.9 Å². The van der Waals surface area contributed by atoms with Crippen LogP contribution >= 0.6 is 23.1 Å². The largest absolute Gasteiger partial charge is 0.268 e. The molecule has 3 heterocycles. The third-order valence-corrected chi connectivity index (χ3v) is 7.10. The van der Waals surface area contributed by atoms with Crippen LogP contribution in [0.2, 0.25) is 0 Å². The lowest BCUT2D eigenvalue weighted by atomic mass is 10.1. The highest BCUT2D eigenvalue weighted by atomic mass is 32.2. The lowest BCUT2D eigenvalue weighted by Crippen LogP contribution is -2.21. The maximum absolute atomic E-state index is 13.6. The summed E-state index contributed by atoms with van der Waals surface area (Å²) in [5, 5.41) is 2.21. The fourth-order valence-corrected chi connectivity index (χ4v) is 5.54. The van der Waals surface area contributed by atoms with E-state index >= 15 is 0 Å². The van der Waals surface area contributed by atoms with Crippen LogP contribution < -0.4 is 5.56 Å². The Hall–Kier alpha value is -2.44. The van der Waals surface area contributed by atoms with Crippen molar-refractivity contribution in [1.29, 1.82) is 0 Å². The minimum atomic E-state index is -0.00576. The first kappa shape index (κ1) is 19.9. The van der Waals surface area contributed by atoms with Crippen molar-refractivity contribution in [2.75, 3.05) is 0 Å². The van der Waals surface area contributed by atoms with Gasteiger partial charge in [-0.3, -0.25) is 9.36 Å². The van der Waals surface area contributed by atoms with Crippen molar-refractivity contribution in [3.05, 3.63) is 75.0 Å². The zero-order valence-electron chi connectivity index (χ0n) is 16.8. The van der Waals surface area contributed by atoms with E-state index in [4.69, 9.17) is 4.98 Å². The van der Waals surface area contributed by atoms with Gasteiger partial charge in [-0.05, 0) is 66.9 Å². The lowest BCUT2D eigenvalue weighted by Gasteiger charge is -2.12. The van der Waals surface area contributed by atoms with Gasteiger partial charge in [-0.1, -0.05) is 38.5 Å². The molecule has 148 valence electrons. The molecule has 3 aromatic heterocycles. The topological polar surface area (TPSA) is 47.8 Å². The number of aryl methyl sites for hydroxylation is 3. The van der Waals surface area contributed by atoms with E-state index in [1.807, 2.05) is 37.3 Å². The number of hydrogen-bond acceptors (Lipinski definition) is 5. The van der Waals surface area contributed by atoms with Gasteiger partial charge in [-0.25, -0.2) is 9.97 Å². The molecule has 0 amide bonds. The van der Waals surface area contributed by atoms with E-state index in [-0.39, 0.29) is 5.56 Å². The molecule has 0 fully saturated rings. The van der Waals surface area contributed by atoms with Crippen molar-refractivity contribution in [3.8, 4) is 5.69 Å². The van der Waals surface area contributed by atoms with Crippen molar-refractivity contribution < 1.29 is 0 Å². The second-order valence-corrected chi connectivity index (χ2v) is 8.98. The van der Waals surface area contributed by atoms with Crippen molar-refractivity contribution in [2.24, 2.45) is 0 Å². The van der Waals surface area contributed by atoms with E-state index in [0.29, 0.717) is 5.16 Å². The van der Waals surface area contributed by atoms with E-state index in [2.05, 4.69) is 31.0 Å². The Balaban J connectivity index is 1.95. The normalized spacial score (nSPS) is 11.3. The summed E-state index contributed by atoms with van der Waals surface area (Å²) in [6.07, 6.45) is 4.75. The number of benzene rings is 1. The highest BCUT2D eigenvalue weighted by Crippen LogP contribution is 2.32. The van der Waals surface area contributed by atoms with Crippen LogP contribution in [-0.4, -0.2) is 14.5 Å². The van der Waals surface area contributed by atoms with Crippen LogP contribution in [0.4, 0.5) is 0 Å². The second-order valence-electron chi connectivity index (χ2n) is 6.91. The minimum Gasteiger partial charge on any atom is -0.268 e. The zero-order valence-corrected chi connectivity index (χ0v) is 18.4. The van der Waals surface area contributed by atoms with Gasteiger partial charge in [-0.2, -0.15) is 0 Å². The number of pyridine rings is 1. The summed E-state index contributed by atoms with van der Waals surface area (Å²) in [4.78, 5) is 25.0. The van der Waals surface area contributed by atoms with Gasteiger partial charge in [-0.15, -0.1) is 11.3 Å². The molecular weight excluding hydrogens is 398 g/mol. The lowest BCUT2D eigenvalue weighted by molar-refractivity contribution is 0.819. The van der Waals surface area contributed by atoms with Gasteiger partial charge in [0.15, 0.2) is 5.16 Å². The van der Waals surface area contributed by atoms with Crippen LogP contribution in [0.5, 0.6) is 0 Å². The molecule has 0 unspecified atom stereocenters. The minimum absolute atomic E-state index is 0.00576. The maximum atomic E-state index is 13.6. The van der Waals surface area contributed by atoms with Gasteiger partial charge in [0, 0.05) is 11.1 Å². The third kappa shape index (κ3) is 3.87. The summed E-state index contributed by atoms with van der Waals surface area (Å²) >= 11 is 3.06.